The van der Waals surface area contributed by atoms with E-state index in [9.17, 15) is 4.79 Å². The molecule has 1 fully saturated rings. The number of halogens is 1. The van der Waals surface area contributed by atoms with E-state index in [0.29, 0.717) is 18.2 Å². The van der Waals surface area contributed by atoms with Gasteiger partial charge in [0.25, 0.3) is 5.91 Å². The van der Waals surface area contributed by atoms with E-state index in [1.165, 1.54) is 0 Å². The van der Waals surface area contributed by atoms with E-state index in [1.54, 1.807) is 38.3 Å². The molecule has 2 rings (SSSR count). The van der Waals surface area contributed by atoms with Crippen molar-refractivity contribution in [1.29, 1.82) is 0 Å². The van der Waals surface area contributed by atoms with Gasteiger partial charge in [0.2, 0.25) is 0 Å². The van der Waals surface area contributed by atoms with Crippen LogP contribution in [0.2, 0.25) is 0 Å². The summed E-state index contributed by atoms with van der Waals surface area (Å²) in [7, 11) is 1.61. The van der Waals surface area contributed by atoms with E-state index in [4.69, 9.17) is 15.2 Å². The van der Waals surface area contributed by atoms with Crippen LogP contribution >= 0.6 is 12.4 Å². The molecule has 0 heterocycles. The van der Waals surface area contributed by atoms with Crippen molar-refractivity contribution in [3.63, 3.8) is 0 Å². The second-order valence-corrected chi connectivity index (χ2v) is 5.82. The van der Waals surface area contributed by atoms with Crippen molar-refractivity contribution in [3.8, 4) is 11.5 Å². The number of methoxy groups -OCH3 is 1. The molecule has 1 aliphatic carbocycles. The molecule has 2 unspecified atom stereocenters. The number of ether oxygens (including phenoxy) is 2. The lowest BCUT2D eigenvalue weighted by Gasteiger charge is -2.30. The Labute approximate surface area is 138 Å². The fourth-order valence-corrected chi connectivity index (χ4v) is 2.34. The van der Waals surface area contributed by atoms with Crippen LogP contribution < -0.4 is 20.5 Å². The molecule has 0 saturated heterocycles. The molecule has 0 aliphatic heterocycles. The lowest BCUT2D eigenvalue weighted by molar-refractivity contribution is -0.129. The number of hydrogen-bond donors (Lipinski definition) is 2. The zero-order valence-corrected chi connectivity index (χ0v) is 14.1. The zero-order valence-electron chi connectivity index (χ0n) is 13.3. The minimum atomic E-state index is -0.567. The second kappa shape index (κ2) is 7.70. The van der Waals surface area contributed by atoms with E-state index in [0.717, 1.165) is 18.6 Å². The summed E-state index contributed by atoms with van der Waals surface area (Å²) in [5.74, 6) is 1.74. The highest BCUT2D eigenvalue weighted by Crippen LogP contribution is 2.39. The van der Waals surface area contributed by atoms with Crippen molar-refractivity contribution in [2.45, 2.75) is 38.3 Å². The summed E-state index contributed by atoms with van der Waals surface area (Å²) in [6.07, 6.45) is 1.69. The minimum Gasteiger partial charge on any atom is -0.497 e. The van der Waals surface area contributed by atoms with Crippen molar-refractivity contribution in [2.24, 2.45) is 11.7 Å². The van der Waals surface area contributed by atoms with Gasteiger partial charge in [0.15, 0.2) is 6.10 Å². The van der Waals surface area contributed by atoms with Crippen molar-refractivity contribution in [2.75, 3.05) is 13.7 Å². The molecule has 3 N–H and O–H groups in total. The first-order chi connectivity index (χ1) is 9.98. The third-order valence-electron chi connectivity index (χ3n) is 4.05. The number of carbonyl (C=O) groups is 1. The van der Waals surface area contributed by atoms with Gasteiger partial charge in [0.1, 0.15) is 11.5 Å². The highest BCUT2D eigenvalue weighted by atomic mass is 35.5. The van der Waals surface area contributed by atoms with Crippen molar-refractivity contribution >= 4 is 18.3 Å². The third kappa shape index (κ3) is 4.52. The Morgan fingerprint density at radius 1 is 1.36 bits per heavy atom. The van der Waals surface area contributed by atoms with Gasteiger partial charge in [-0.3, -0.25) is 4.79 Å². The largest absolute Gasteiger partial charge is 0.497 e. The SMILES string of the molecule is COc1ccc(OC(C)C(=O)NC(C)(CN)C2CC2)cc1.Cl. The molecular weight excluding hydrogens is 304 g/mol. The Morgan fingerprint density at radius 3 is 2.36 bits per heavy atom. The summed E-state index contributed by atoms with van der Waals surface area (Å²) in [6.45, 7) is 4.19. The van der Waals surface area contributed by atoms with Crippen LogP contribution in [0.15, 0.2) is 24.3 Å². The van der Waals surface area contributed by atoms with Gasteiger partial charge in [-0.1, -0.05) is 0 Å². The molecule has 1 aromatic carbocycles. The predicted molar refractivity (Wildman–Crippen MR) is 88.7 cm³/mol. The zero-order chi connectivity index (χ0) is 15.5. The van der Waals surface area contributed by atoms with Gasteiger partial charge in [0, 0.05) is 6.54 Å². The van der Waals surface area contributed by atoms with Crippen LogP contribution in [-0.4, -0.2) is 31.2 Å². The molecule has 6 heteroatoms. The summed E-state index contributed by atoms with van der Waals surface area (Å²) >= 11 is 0. The van der Waals surface area contributed by atoms with Crippen molar-refractivity contribution < 1.29 is 14.3 Å². The number of amides is 1. The number of carbonyl (C=O) groups excluding carboxylic acids is 1. The van der Waals surface area contributed by atoms with Gasteiger partial charge in [-0.25, -0.2) is 0 Å². The molecular formula is C16H25ClN2O3. The number of benzene rings is 1. The van der Waals surface area contributed by atoms with Gasteiger partial charge in [-0.05, 0) is 56.9 Å². The topological polar surface area (TPSA) is 73.6 Å². The standard InChI is InChI=1S/C16H24N2O3.ClH/c1-11(21-14-8-6-13(20-3)7-9-14)15(19)18-16(2,10-17)12-4-5-12;/h6-9,11-12H,4-5,10,17H2,1-3H3,(H,18,19);1H. The molecule has 0 spiro atoms. The average molecular weight is 329 g/mol. The number of nitrogens with two attached hydrogens (primary N) is 1. The van der Waals surface area contributed by atoms with Crippen molar-refractivity contribution in [1.82, 2.24) is 5.32 Å². The summed E-state index contributed by atoms with van der Waals surface area (Å²) < 4.78 is 10.7. The van der Waals surface area contributed by atoms with Gasteiger partial charge in [0.05, 0.1) is 12.6 Å². The first-order valence-corrected chi connectivity index (χ1v) is 7.31. The van der Waals surface area contributed by atoms with Gasteiger partial charge in [-0.2, -0.15) is 0 Å². The molecule has 22 heavy (non-hydrogen) atoms. The van der Waals surface area contributed by atoms with Gasteiger partial charge < -0.3 is 20.5 Å². The maximum absolute atomic E-state index is 12.3. The van der Waals surface area contributed by atoms with Crippen LogP contribution in [0, 0.1) is 5.92 Å². The Bertz CT molecular complexity index is 491. The summed E-state index contributed by atoms with van der Waals surface area (Å²) in [6, 6.07) is 7.17. The Balaban J connectivity index is 0.00000242. The van der Waals surface area contributed by atoms with Crippen LogP contribution in [0.3, 0.4) is 0 Å². The maximum Gasteiger partial charge on any atom is 0.261 e. The molecule has 1 saturated carbocycles. The highest BCUT2D eigenvalue weighted by Gasteiger charge is 2.42. The van der Waals surface area contributed by atoms with Crippen LogP contribution in [0.5, 0.6) is 11.5 Å². The summed E-state index contributed by atoms with van der Waals surface area (Å²) in [5.41, 5.74) is 5.49. The number of nitrogens with one attached hydrogen (secondary N) is 1. The minimum absolute atomic E-state index is 0. The van der Waals surface area contributed by atoms with E-state index >= 15 is 0 Å². The quantitative estimate of drug-likeness (QED) is 0.804. The maximum atomic E-state index is 12.3. The number of rotatable bonds is 7. The smallest absolute Gasteiger partial charge is 0.261 e. The van der Waals surface area contributed by atoms with Gasteiger partial charge in [-0.15, -0.1) is 12.4 Å². The fourth-order valence-electron chi connectivity index (χ4n) is 2.34. The monoisotopic (exact) mass is 328 g/mol. The Kier molecular flexibility index (Phi) is 6.50. The summed E-state index contributed by atoms with van der Waals surface area (Å²) in [5, 5.41) is 3.03. The highest BCUT2D eigenvalue weighted by molar-refractivity contribution is 5.85. The van der Waals surface area contributed by atoms with E-state index < -0.39 is 6.10 Å². The molecule has 1 aromatic rings. The van der Waals surface area contributed by atoms with E-state index in [-0.39, 0.29) is 23.9 Å². The number of hydrogen-bond acceptors (Lipinski definition) is 4. The van der Waals surface area contributed by atoms with E-state index in [2.05, 4.69) is 5.32 Å². The summed E-state index contributed by atoms with van der Waals surface area (Å²) in [4.78, 5) is 12.3. The Morgan fingerprint density at radius 2 is 1.91 bits per heavy atom. The molecule has 0 aromatic heterocycles. The fraction of sp³-hybridized carbons (Fsp3) is 0.562. The molecule has 2 atom stereocenters. The Hall–Kier alpha value is -1.46. The first kappa shape index (κ1) is 18.6. The van der Waals surface area contributed by atoms with Crippen LogP contribution in [0.4, 0.5) is 0 Å². The normalized spacial score (nSPS) is 17.6. The van der Waals surface area contributed by atoms with Crippen LogP contribution in [0.25, 0.3) is 0 Å². The second-order valence-electron chi connectivity index (χ2n) is 5.82. The first-order valence-electron chi connectivity index (χ1n) is 7.31. The molecule has 124 valence electrons. The molecule has 1 amide bonds. The molecule has 0 radical (unpaired) electrons. The molecule has 5 nitrogen and oxygen atoms in total. The molecule has 1 aliphatic rings. The lowest BCUT2D eigenvalue weighted by Crippen LogP contribution is -2.56. The molecule has 0 bridgehead atoms. The third-order valence-corrected chi connectivity index (χ3v) is 4.05. The van der Waals surface area contributed by atoms with Crippen LogP contribution in [-0.2, 0) is 4.79 Å². The predicted octanol–water partition coefficient (Wildman–Crippen LogP) is 2.13. The average Bonchev–Trinajstić information content (AvgIpc) is 3.33. The van der Waals surface area contributed by atoms with E-state index in [1.807, 2.05) is 6.92 Å². The lowest BCUT2D eigenvalue weighted by atomic mass is 9.95. The van der Waals surface area contributed by atoms with Gasteiger partial charge >= 0.3 is 0 Å². The van der Waals surface area contributed by atoms with Crippen molar-refractivity contribution in [3.05, 3.63) is 24.3 Å². The van der Waals surface area contributed by atoms with Crippen LogP contribution in [0.1, 0.15) is 26.7 Å².